The zero-order valence-corrected chi connectivity index (χ0v) is 18.4. The van der Waals surface area contributed by atoms with Crippen molar-refractivity contribution in [2.45, 2.75) is 19.9 Å². The molecule has 8 nitrogen and oxygen atoms in total. The summed E-state index contributed by atoms with van der Waals surface area (Å²) in [5.41, 5.74) is 4.65. The van der Waals surface area contributed by atoms with Crippen LogP contribution in [0.4, 0.5) is 5.69 Å². The summed E-state index contributed by atoms with van der Waals surface area (Å²) in [6.45, 7) is 8.86. The summed E-state index contributed by atoms with van der Waals surface area (Å²) in [5.74, 6) is 1.17. The van der Waals surface area contributed by atoms with Crippen molar-refractivity contribution >= 4 is 16.7 Å². The van der Waals surface area contributed by atoms with Crippen LogP contribution in [0.2, 0.25) is 0 Å². The van der Waals surface area contributed by atoms with Crippen LogP contribution < -0.4 is 15.2 Å². The lowest BCUT2D eigenvalue weighted by Gasteiger charge is -2.36. The predicted octanol–water partition coefficient (Wildman–Crippen LogP) is 2.23. The molecule has 2 fully saturated rings. The van der Waals surface area contributed by atoms with Gasteiger partial charge in [-0.15, -0.1) is 0 Å². The van der Waals surface area contributed by atoms with Gasteiger partial charge in [-0.1, -0.05) is 6.92 Å². The lowest BCUT2D eigenvalue weighted by atomic mass is 10.1. The zero-order valence-electron chi connectivity index (χ0n) is 18.4. The van der Waals surface area contributed by atoms with Crippen LogP contribution in [-0.4, -0.2) is 65.9 Å². The summed E-state index contributed by atoms with van der Waals surface area (Å²) in [6, 6.07) is 7.98. The number of aryl methyl sites for hydroxylation is 1. The number of hydrogen-bond acceptors (Lipinski definition) is 7. The fraction of sp³-hybridized carbons (Fsp3) is 0.458. The highest BCUT2D eigenvalue weighted by atomic mass is 16.5. The summed E-state index contributed by atoms with van der Waals surface area (Å²) in [6.07, 6.45) is 4.53. The van der Waals surface area contributed by atoms with Gasteiger partial charge in [0.05, 0.1) is 42.7 Å². The van der Waals surface area contributed by atoms with Gasteiger partial charge in [0.1, 0.15) is 0 Å². The van der Waals surface area contributed by atoms with Gasteiger partial charge in [-0.25, -0.2) is 4.98 Å². The molecule has 0 radical (unpaired) electrons. The number of fused-ring (bicyclic) bond motifs is 1. The molecule has 32 heavy (non-hydrogen) atoms. The van der Waals surface area contributed by atoms with E-state index in [2.05, 4.69) is 30.8 Å². The van der Waals surface area contributed by atoms with Gasteiger partial charge in [0.25, 0.3) is 5.56 Å². The van der Waals surface area contributed by atoms with Crippen molar-refractivity contribution in [1.82, 2.24) is 19.9 Å². The van der Waals surface area contributed by atoms with E-state index in [9.17, 15) is 4.79 Å². The number of hydrogen-bond donors (Lipinski definition) is 1. The molecule has 0 unspecified atom stereocenters. The summed E-state index contributed by atoms with van der Waals surface area (Å²) >= 11 is 0. The number of rotatable bonds is 7. The molecule has 1 N–H and O–H groups in total. The van der Waals surface area contributed by atoms with E-state index in [4.69, 9.17) is 9.47 Å². The molecule has 8 heteroatoms. The lowest BCUT2D eigenvalue weighted by molar-refractivity contribution is -0.0514. The smallest absolute Gasteiger partial charge is 0.251 e. The molecule has 2 aliphatic rings. The number of nitrogens with zero attached hydrogens (tertiary/aromatic N) is 4. The second-order valence-corrected chi connectivity index (χ2v) is 8.59. The van der Waals surface area contributed by atoms with Gasteiger partial charge in [0.2, 0.25) is 5.88 Å². The molecule has 5 heterocycles. The molecule has 2 aliphatic heterocycles. The van der Waals surface area contributed by atoms with Crippen LogP contribution in [0.25, 0.3) is 11.0 Å². The fourth-order valence-electron chi connectivity index (χ4n) is 4.17. The maximum atomic E-state index is 12.1. The van der Waals surface area contributed by atoms with Crippen molar-refractivity contribution in [1.29, 1.82) is 0 Å². The Morgan fingerprint density at radius 1 is 1.12 bits per heavy atom. The Kier molecular flexibility index (Phi) is 6.05. The normalized spacial score (nSPS) is 17.5. The maximum Gasteiger partial charge on any atom is 0.251 e. The number of nitrogens with one attached hydrogen (secondary N) is 1. The second-order valence-electron chi connectivity index (χ2n) is 8.59. The highest BCUT2D eigenvalue weighted by molar-refractivity contribution is 5.74. The molecule has 3 aromatic rings. The van der Waals surface area contributed by atoms with Crippen LogP contribution in [0, 0.1) is 5.92 Å². The lowest BCUT2D eigenvalue weighted by Crippen LogP contribution is -2.46. The molecular weight excluding hydrogens is 406 g/mol. The molecular formula is C24H29N5O3. The molecule has 0 aromatic carbocycles. The van der Waals surface area contributed by atoms with Gasteiger partial charge < -0.3 is 19.4 Å². The monoisotopic (exact) mass is 435 g/mol. The maximum absolute atomic E-state index is 12.1. The van der Waals surface area contributed by atoms with Crippen LogP contribution in [0.5, 0.6) is 5.88 Å². The van der Waals surface area contributed by atoms with Crippen molar-refractivity contribution in [3.05, 3.63) is 58.1 Å². The van der Waals surface area contributed by atoms with E-state index in [1.807, 2.05) is 37.5 Å². The predicted molar refractivity (Wildman–Crippen MR) is 123 cm³/mol. The summed E-state index contributed by atoms with van der Waals surface area (Å²) in [5, 5.41) is 0. The Labute approximate surface area is 187 Å². The van der Waals surface area contributed by atoms with Gasteiger partial charge in [-0.3, -0.25) is 14.7 Å². The Balaban J connectivity index is 1.15. The SMILES string of the molecule is CCc1cc2ncc(CN3CCN(c4ccc(OCC5COC5)nc4)CC3)cc2[nH]c1=O. The average Bonchev–Trinajstić information content (AvgIpc) is 2.78. The Hall–Kier alpha value is -2.97. The van der Waals surface area contributed by atoms with Crippen LogP contribution >= 0.6 is 0 Å². The Bertz CT molecular complexity index is 1120. The standard InChI is InChI=1S/C24H29N5O3/c1-2-19-10-21-22(27-24(19)30)9-17(11-25-21)13-28-5-7-29(8-6-28)20-3-4-23(26-12-20)32-16-18-14-31-15-18/h3-4,9-12,18H,2,5-8,13-16H2,1H3,(H,27,30). The van der Waals surface area contributed by atoms with Crippen molar-refractivity contribution in [3.8, 4) is 5.88 Å². The van der Waals surface area contributed by atoms with Crippen molar-refractivity contribution < 1.29 is 9.47 Å². The fourth-order valence-corrected chi connectivity index (χ4v) is 4.17. The number of H-pyrrole nitrogens is 1. The highest BCUT2D eigenvalue weighted by Gasteiger charge is 2.20. The number of piperazine rings is 1. The minimum atomic E-state index is -0.0188. The van der Waals surface area contributed by atoms with Crippen LogP contribution in [0.15, 0.2) is 41.5 Å². The third kappa shape index (κ3) is 4.61. The molecule has 168 valence electrons. The average molecular weight is 436 g/mol. The van der Waals surface area contributed by atoms with Gasteiger partial charge in [-0.2, -0.15) is 0 Å². The van der Waals surface area contributed by atoms with E-state index in [-0.39, 0.29) is 5.56 Å². The molecule has 5 rings (SSSR count). The van der Waals surface area contributed by atoms with Crippen molar-refractivity contribution in [2.24, 2.45) is 5.92 Å². The third-order valence-corrected chi connectivity index (χ3v) is 6.25. The molecule has 0 atom stereocenters. The van der Waals surface area contributed by atoms with Crippen molar-refractivity contribution in [2.75, 3.05) is 50.9 Å². The minimum Gasteiger partial charge on any atom is -0.477 e. The van der Waals surface area contributed by atoms with E-state index in [1.165, 1.54) is 0 Å². The largest absolute Gasteiger partial charge is 0.477 e. The van der Waals surface area contributed by atoms with E-state index >= 15 is 0 Å². The molecule has 0 aliphatic carbocycles. The third-order valence-electron chi connectivity index (χ3n) is 6.25. The molecule has 0 bridgehead atoms. The van der Waals surface area contributed by atoms with Gasteiger partial charge >= 0.3 is 0 Å². The molecule has 2 saturated heterocycles. The highest BCUT2D eigenvalue weighted by Crippen LogP contribution is 2.20. The Morgan fingerprint density at radius 2 is 1.97 bits per heavy atom. The van der Waals surface area contributed by atoms with E-state index in [1.54, 1.807) is 0 Å². The van der Waals surface area contributed by atoms with Crippen LogP contribution in [0.1, 0.15) is 18.1 Å². The first kappa shape index (κ1) is 20.9. The van der Waals surface area contributed by atoms with Crippen molar-refractivity contribution in [3.63, 3.8) is 0 Å². The Morgan fingerprint density at radius 3 is 2.66 bits per heavy atom. The van der Waals surface area contributed by atoms with Gasteiger partial charge in [-0.05, 0) is 30.2 Å². The first-order valence-electron chi connectivity index (χ1n) is 11.3. The molecule has 3 aromatic heterocycles. The first-order chi connectivity index (χ1) is 15.7. The summed E-state index contributed by atoms with van der Waals surface area (Å²) in [4.78, 5) is 28.9. The summed E-state index contributed by atoms with van der Waals surface area (Å²) < 4.78 is 10.9. The zero-order chi connectivity index (χ0) is 21.9. The quantitative estimate of drug-likeness (QED) is 0.609. The molecule has 0 saturated carbocycles. The number of ether oxygens (including phenoxy) is 2. The second kappa shape index (κ2) is 9.26. The topological polar surface area (TPSA) is 83.6 Å². The van der Waals surface area contributed by atoms with Crippen LogP contribution in [0.3, 0.4) is 0 Å². The first-order valence-corrected chi connectivity index (χ1v) is 11.3. The van der Waals surface area contributed by atoms with Gasteiger partial charge in [0.15, 0.2) is 0 Å². The summed E-state index contributed by atoms with van der Waals surface area (Å²) in [7, 11) is 0. The number of anilines is 1. The van der Waals surface area contributed by atoms with Gasteiger partial charge in [0, 0.05) is 56.5 Å². The van der Waals surface area contributed by atoms with Crippen LogP contribution in [-0.2, 0) is 17.7 Å². The van der Waals surface area contributed by atoms with E-state index < -0.39 is 0 Å². The van der Waals surface area contributed by atoms with E-state index in [0.29, 0.717) is 24.8 Å². The molecule has 0 spiro atoms. The number of aromatic nitrogens is 3. The number of aromatic amines is 1. The molecule has 0 amide bonds. The minimum absolute atomic E-state index is 0.0188. The number of pyridine rings is 3. The van der Waals surface area contributed by atoms with E-state index in [0.717, 1.165) is 73.8 Å².